The molecule has 0 unspecified atom stereocenters. The molecule has 1 saturated heterocycles. The Labute approximate surface area is 105 Å². The van der Waals surface area contributed by atoms with Crippen molar-refractivity contribution >= 4 is 27.2 Å². The molecule has 4 heteroatoms. The number of anilines is 1. The molecule has 0 radical (unpaired) electrons. The van der Waals surface area contributed by atoms with E-state index in [1.54, 1.807) is 11.3 Å². The summed E-state index contributed by atoms with van der Waals surface area (Å²) in [5, 5.41) is 6.84. The Morgan fingerprint density at radius 3 is 3.12 bits per heavy atom. The lowest BCUT2D eigenvalue weighted by Gasteiger charge is -2.22. The van der Waals surface area contributed by atoms with Crippen molar-refractivity contribution in [1.82, 2.24) is 4.98 Å². The van der Waals surface area contributed by atoms with Crippen LogP contribution >= 0.6 is 11.3 Å². The molecule has 3 heterocycles. The lowest BCUT2D eigenvalue weighted by molar-refractivity contribution is 0.0699. The van der Waals surface area contributed by atoms with Gasteiger partial charge in [-0.3, -0.25) is 0 Å². The lowest BCUT2D eigenvalue weighted by Crippen LogP contribution is -2.22. The van der Waals surface area contributed by atoms with Crippen molar-refractivity contribution in [2.75, 3.05) is 25.1 Å². The van der Waals surface area contributed by atoms with Gasteiger partial charge in [0.1, 0.15) is 5.82 Å². The molecule has 1 aliphatic heterocycles. The van der Waals surface area contributed by atoms with Crippen LogP contribution < -0.4 is 5.32 Å². The standard InChI is InChI=1S/C13H16N2OS/c1-5-14-13(11-4-8-17-12(1)11)15-9-10-2-6-16-7-3-10/h1,4-5,8,10H,2-3,6-7,9H2,(H,14,15). The maximum atomic E-state index is 5.37. The number of fused-ring (bicyclic) bond motifs is 1. The fraction of sp³-hybridized carbons (Fsp3) is 0.462. The van der Waals surface area contributed by atoms with Crippen LogP contribution in [0.15, 0.2) is 23.7 Å². The molecule has 1 N–H and O–H groups in total. The van der Waals surface area contributed by atoms with Gasteiger partial charge in [-0.25, -0.2) is 4.98 Å². The Hall–Kier alpha value is -1.13. The van der Waals surface area contributed by atoms with Crippen LogP contribution in [0.3, 0.4) is 0 Å². The number of thiophene rings is 1. The highest BCUT2D eigenvalue weighted by atomic mass is 32.1. The zero-order valence-corrected chi connectivity index (χ0v) is 10.5. The van der Waals surface area contributed by atoms with Crippen LogP contribution in [0.2, 0.25) is 0 Å². The van der Waals surface area contributed by atoms with Crippen molar-refractivity contribution in [3.63, 3.8) is 0 Å². The van der Waals surface area contributed by atoms with Crippen molar-refractivity contribution in [3.05, 3.63) is 23.7 Å². The minimum absolute atomic E-state index is 0.722. The number of ether oxygens (including phenoxy) is 1. The molecular weight excluding hydrogens is 232 g/mol. The molecule has 2 aromatic heterocycles. The molecule has 0 aliphatic carbocycles. The van der Waals surface area contributed by atoms with E-state index in [1.165, 1.54) is 10.1 Å². The van der Waals surface area contributed by atoms with Crippen LogP contribution in [0.4, 0.5) is 5.82 Å². The molecule has 1 aliphatic rings. The Balaban J connectivity index is 1.69. The van der Waals surface area contributed by atoms with E-state index in [-0.39, 0.29) is 0 Å². The third kappa shape index (κ3) is 2.42. The van der Waals surface area contributed by atoms with Gasteiger partial charge in [-0.2, -0.15) is 0 Å². The van der Waals surface area contributed by atoms with Crippen LogP contribution in [-0.4, -0.2) is 24.7 Å². The fourth-order valence-electron chi connectivity index (χ4n) is 2.23. The summed E-state index contributed by atoms with van der Waals surface area (Å²) >= 11 is 1.76. The topological polar surface area (TPSA) is 34.1 Å². The van der Waals surface area contributed by atoms with Crippen LogP contribution in [0, 0.1) is 5.92 Å². The quantitative estimate of drug-likeness (QED) is 0.906. The van der Waals surface area contributed by atoms with E-state index in [9.17, 15) is 0 Å². The molecule has 90 valence electrons. The van der Waals surface area contributed by atoms with Gasteiger partial charge in [0.15, 0.2) is 0 Å². The van der Waals surface area contributed by atoms with E-state index in [2.05, 4.69) is 27.8 Å². The van der Waals surface area contributed by atoms with Crippen molar-refractivity contribution in [2.45, 2.75) is 12.8 Å². The summed E-state index contributed by atoms with van der Waals surface area (Å²) in [5.41, 5.74) is 0. The maximum Gasteiger partial charge on any atom is 0.134 e. The molecule has 0 aromatic carbocycles. The highest BCUT2D eigenvalue weighted by Gasteiger charge is 2.14. The molecule has 0 spiro atoms. The Bertz CT molecular complexity index is 491. The second kappa shape index (κ2) is 5.02. The van der Waals surface area contributed by atoms with Crippen LogP contribution in [0.25, 0.3) is 10.1 Å². The highest BCUT2D eigenvalue weighted by molar-refractivity contribution is 7.17. The first-order valence-corrected chi connectivity index (χ1v) is 6.95. The highest BCUT2D eigenvalue weighted by Crippen LogP contribution is 2.26. The lowest BCUT2D eigenvalue weighted by atomic mass is 10.0. The van der Waals surface area contributed by atoms with Gasteiger partial charge in [0, 0.05) is 36.0 Å². The average Bonchev–Trinajstić information content (AvgIpc) is 2.86. The van der Waals surface area contributed by atoms with Gasteiger partial charge in [-0.15, -0.1) is 11.3 Å². The van der Waals surface area contributed by atoms with Crippen molar-refractivity contribution in [2.24, 2.45) is 5.92 Å². The predicted octanol–water partition coefficient (Wildman–Crippen LogP) is 3.13. The van der Waals surface area contributed by atoms with Gasteiger partial charge >= 0.3 is 0 Å². The van der Waals surface area contributed by atoms with Crippen LogP contribution in [0.1, 0.15) is 12.8 Å². The van der Waals surface area contributed by atoms with E-state index in [1.807, 2.05) is 6.20 Å². The van der Waals surface area contributed by atoms with Gasteiger partial charge in [0.25, 0.3) is 0 Å². The molecular formula is C13H16N2OS. The van der Waals surface area contributed by atoms with Crippen molar-refractivity contribution < 1.29 is 4.74 Å². The van der Waals surface area contributed by atoms with Gasteiger partial charge in [-0.05, 0) is 36.3 Å². The Morgan fingerprint density at radius 2 is 2.24 bits per heavy atom. The van der Waals surface area contributed by atoms with Crippen LogP contribution in [0.5, 0.6) is 0 Å². The minimum atomic E-state index is 0.722. The first-order valence-electron chi connectivity index (χ1n) is 6.07. The molecule has 0 atom stereocenters. The van der Waals surface area contributed by atoms with Gasteiger partial charge < -0.3 is 10.1 Å². The molecule has 2 aromatic rings. The minimum Gasteiger partial charge on any atom is -0.381 e. The molecule has 0 amide bonds. The average molecular weight is 248 g/mol. The number of rotatable bonds is 3. The predicted molar refractivity (Wildman–Crippen MR) is 71.7 cm³/mol. The molecule has 0 bridgehead atoms. The largest absolute Gasteiger partial charge is 0.381 e. The number of hydrogen-bond acceptors (Lipinski definition) is 4. The summed E-state index contributed by atoms with van der Waals surface area (Å²) < 4.78 is 6.67. The third-order valence-corrected chi connectivity index (χ3v) is 4.16. The SMILES string of the molecule is c1cc2sccc2c(NCC2CCOCC2)n1. The first-order chi connectivity index (χ1) is 8.43. The molecule has 17 heavy (non-hydrogen) atoms. The third-order valence-electron chi connectivity index (χ3n) is 3.28. The number of nitrogens with one attached hydrogen (secondary N) is 1. The number of aromatic nitrogens is 1. The van der Waals surface area contributed by atoms with Gasteiger partial charge in [-0.1, -0.05) is 0 Å². The maximum absolute atomic E-state index is 5.37. The van der Waals surface area contributed by atoms with Gasteiger partial charge in [0.2, 0.25) is 0 Å². The summed E-state index contributed by atoms with van der Waals surface area (Å²) in [5.74, 6) is 1.75. The summed E-state index contributed by atoms with van der Waals surface area (Å²) in [6.45, 7) is 2.82. The second-order valence-electron chi connectivity index (χ2n) is 4.43. The Kier molecular flexibility index (Phi) is 3.25. The summed E-state index contributed by atoms with van der Waals surface area (Å²) in [4.78, 5) is 4.43. The Morgan fingerprint density at radius 1 is 1.35 bits per heavy atom. The monoisotopic (exact) mass is 248 g/mol. The zero-order chi connectivity index (χ0) is 11.5. The molecule has 3 rings (SSSR count). The fourth-order valence-corrected chi connectivity index (χ4v) is 3.01. The summed E-state index contributed by atoms with van der Waals surface area (Å²) in [6.07, 6.45) is 4.20. The van der Waals surface area contributed by atoms with E-state index in [0.717, 1.165) is 44.3 Å². The van der Waals surface area contributed by atoms with E-state index < -0.39 is 0 Å². The molecule has 0 saturated carbocycles. The van der Waals surface area contributed by atoms with Crippen molar-refractivity contribution in [1.29, 1.82) is 0 Å². The van der Waals surface area contributed by atoms with E-state index in [4.69, 9.17) is 4.74 Å². The van der Waals surface area contributed by atoms with E-state index >= 15 is 0 Å². The first kappa shape index (κ1) is 11.0. The smallest absolute Gasteiger partial charge is 0.134 e. The van der Waals surface area contributed by atoms with E-state index in [0.29, 0.717) is 0 Å². The number of pyridine rings is 1. The van der Waals surface area contributed by atoms with Crippen molar-refractivity contribution in [3.8, 4) is 0 Å². The normalized spacial score (nSPS) is 17.4. The summed E-state index contributed by atoms with van der Waals surface area (Å²) in [7, 11) is 0. The zero-order valence-electron chi connectivity index (χ0n) is 9.69. The van der Waals surface area contributed by atoms with Gasteiger partial charge in [0.05, 0.1) is 0 Å². The molecule has 1 fully saturated rings. The number of nitrogens with zero attached hydrogens (tertiary/aromatic N) is 1. The summed E-state index contributed by atoms with van der Waals surface area (Å²) in [6, 6.07) is 4.21. The van der Waals surface area contributed by atoms with Crippen LogP contribution in [-0.2, 0) is 4.74 Å². The number of hydrogen-bond donors (Lipinski definition) is 1. The molecule has 3 nitrogen and oxygen atoms in total. The second-order valence-corrected chi connectivity index (χ2v) is 5.38.